The molecule has 0 radical (unpaired) electrons. The first-order chi connectivity index (χ1) is 8.65. The highest BCUT2D eigenvalue weighted by atomic mass is 16.5. The lowest BCUT2D eigenvalue weighted by atomic mass is 10.2. The van der Waals surface area contributed by atoms with E-state index in [0.29, 0.717) is 19.7 Å². The molecule has 18 heavy (non-hydrogen) atoms. The zero-order valence-electron chi connectivity index (χ0n) is 11.2. The van der Waals surface area contributed by atoms with Gasteiger partial charge in [-0.2, -0.15) is 0 Å². The van der Waals surface area contributed by atoms with Crippen LogP contribution in [-0.2, 0) is 9.53 Å². The monoisotopic (exact) mass is 251 g/mol. The summed E-state index contributed by atoms with van der Waals surface area (Å²) in [6.07, 6.45) is 3.15. The molecule has 0 saturated heterocycles. The Bertz CT molecular complexity index is 382. The van der Waals surface area contributed by atoms with Gasteiger partial charge in [-0.15, -0.1) is 0 Å². The Morgan fingerprint density at radius 3 is 2.94 bits per heavy atom. The number of nitrogens with one attached hydrogen (secondary N) is 2. The first-order valence-electron chi connectivity index (χ1n) is 6.19. The van der Waals surface area contributed by atoms with Gasteiger partial charge in [0.25, 0.3) is 0 Å². The van der Waals surface area contributed by atoms with Gasteiger partial charge >= 0.3 is 0 Å². The fourth-order valence-corrected chi connectivity index (χ4v) is 1.52. The third kappa shape index (κ3) is 4.71. The van der Waals surface area contributed by atoms with Gasteiger partial charge < -0.3 is 15.4 Å². The Kier molecular flexibility index (Phi) is 6.14. The van der Waals surface area contributed by atoms with Gasteiger partial charge in [-0.3, -0.25) is 9.78 Å². The van der Waals surface area contributed by atoms with E-state index in [0.717, 1.165) is 11.3 Å². The van der Waals surface area contributed by atoms with Gasteiger partial charge in [-0.25, -0.2) is 0 Å². The minimum absolute atomic E-state index is 0.0786. The molecular formula is C13H21N3O2. The van der Waals surface area contributed by atoms with Crippen molar-refractivity contribution in [1.29, 1.82) is 0 Å². The molecule has 5 nitrogen and oxygen atoms in total. The molecule has 0 spiro atoms. The van der Waals surface area contributed by atoms with E-state index in [4.69, 9.17) is 4.74 Å². The molecule has 2 N–H and O–H groups in total. The number of hydrogen-bond acceptors (Lipinski definition) is 4. The van der Waals surface area contributed by atoms with E-state index in [9.17, 15) is 4.79 Å². The first-order valence-corrected chi connectivity index (χ1v) is 6.19. The number of aryl methyl sites for hydroxylation is 1. The SMILES string of the molecule is CCO[C@H](C)C(=O)NCCNc1ccncc1C. The Balaban J connectivity index is 2.23. The van der Waals surface area contributed by atoms with Crippen LogP contribution in [0.3, 0.4) is 0 Å². The molecule has 1 atom stereocenters. The van der Waals surface area contributed by atoms with Crippen LogP contribution >= 0.6 is 0 Å². The van der Waals surface area contributed by atoms with Crippen molar-refractivity contribution in [3.8, 4) is 0 Å². The molecule has 1 rings (SSSR count). The summed E-state index contributed by atoms with van der Waals surface area (Å²) in [5.74, 6) is -0.0786. The van der Waals surface area contributed by atoms with Crippen molar-refractivity contribution in [3.63, 3.8) is 0 Å². The summed E-state index contributed by atoms with van der Waals surface area (Å²) in [5, 5.41) is 6.06. The van der Waals surface area contributed by atoms with Crippen LogP contribution in [0.5, 0.6) is 0 Å². The molecule has 1 amide bonds. The number of rotatable bonds is 7. The predicted molar refractivity (Wildman–Crippen MR) is 71.6 cm³/mol. The maximum absolute atomic E-state index is 11.5. The van der Waals surface area contributed by atoms with E-state index in [1.165, 1.54) is 0 Å². The van der Waals surface area contributed by atoms with E-state index in [2.05, 4.69) is 15.6 Å². The highest BCUT2D eigenvalue weighted by Crippen LogP contribution is 2.10. The van der Waals surface area contributed by atoms with Crippen LogP contribution in [0.1, 0.15) is 19.4 Å². The first kappa shape index (κ1) is 14.4. The Morgan fingerprint density at radius 1 is 1.50 bits per heavy atom. The van der Waals surface area contributed by atoms with Crippen LogP contribution in [0.4, 0.5) is 5.69 Å². The molecule has 0 aliphatic carbocycles. The number of amides is 1. The van der Waals surface area contributed by atoms with E-state index < -0.39 is 6.10 Å². The van der Waals surface area contributed by atoms with Crippen LogP contribution < -0.4 is 10.6 Å². The molecule has 1 aromatic rings. The Labute approximate surface area is 108 Å². The largest absolute Gasteiger partial charge is 0.383 e. The standard InChI is InChI=1S/C13H21N3O2/c1-4-18-11(3)13(17)16-8-7-15-12-5-6-14-9-10(12)2/h5-6,9,11H,4,7-8H2,1-3H3,(H,14,15)(H,16,17)/t11-/m1/s1. The zero-order chi connectivity index (χ0) is 13.4. The lowest BCUT2D eigenvalue weighted by Crippen LogP contribution is -2.37. The smallest absolute Gasteiger partial charge is 0.248 e. The Hall–Kier alpha value is -1.62. The maximum Gasteiger partial charge on any atom is 0.248 e. The van der Waals surface area contributed by atoms with Crippen molar-refractivity contribution in [2.45, 2.75) is 26.9 Å². The molecule has 0 aliphatic heterocycles. The van der Waals surface area contributed by atoms with E-state index in [1.807, 2.05) is 19.9 Å². The van der Waals surface area contributed by atoms with Gasteiger partial charge in [0, 0.05) is 37.8 Å². The summed E-state index contributed by atoms with van der Waals surface area (Å²) in [6, 6.07) is 1.92. The third-order valence-electron chi connectivity index (χ3n) is 2.55. The number of ether oxygens (including phenoxy) is 1. The molecule has 0 aliphatic rings. The lowest BCUT2D eigenvalue weighted by Gasteiger charge is -2.13. The van der Waals surface area contributed by atoms with E-state index >= 15 is 0 Å². The van der Waals surface area contributed by atoms with Gasteiger partial charge in [-0.1, -0.05) is 0 Å². The van der Waals surface area contributed by atoms with E-state index in [-0.39, 0.29) is 5.91 Å². The molecule has 0 unspecified atom stereocenters. The maximum atomic E-state index is 11.5. The molecule has 100 valence electrons. The fraction of sp³-hybridized carbons (Fsp3) is 0.538. The lowest BCUT2D eigenvalue weighted by molar-refractivity contribution is -0.131. The highest BCUT2D eigenvalue weighted by Gasteiger charge is 2.10. The summed E-state index contributed by atoms with van der Waals surface area (Å²) >= 11 is 0. The molecule has 0 aromatic carbocycles. The Morgan fingerprint density at radius 2 is 2.28 bits per heavy atom. The number of nitrogens with zero attached hydrogens (tertiary/aromatic N) is 1. The third-order valence-corrected chi connectivity index (χ3v) is 2.55. The second-order valence-corrected chi connectivity index (χ2v) is 4.01. The van der Waals surface area contributed by atoms with E-state index in [1.54, 1.807) is 19.3 Å². The molecule has 1 aromatic heterocycles. The molecule has 5 heteroatoms. The summed E-state index contributed by atoms with van der Waals surface area (Å²) in [5.41, 5.74) is 2.13. The van der Waals surface area contributed by atoms with Gasteiger partial charge in [0.2, 0.25) is 5.91 Å². The normalized spacial score (nSPS) is 11.9. The van der Waals surface area contributed by atoms with Gasteiger partial charge in [-0.05, 0) is 32.4 Å². The molecule has 0 bridgehead atoms. The van der Waals surface area contributed by atoms with Crippen molar-refractivity contribution < 1.29 is 9.53 Å². The van der Waals surface area contributed by atoms with Crippen LogP contribution in [0.25, 0.3) is 0 Å². The van der Waals surface area contributed by atoms with Crippen molar-refractivity contribution in [2.24, 2.45) is 0 Å². The number of hydrogen-bond donors (Lipinski definition) is 2. The predicted octanol–water partition coefficient (Wildman–Crippen LogP) is 1.34. The van der Waals surface area contributed by atoms with Crippen LogP contribution in [0.2, 0.25) is 0 Å². The summed E-state index contributed by atoms with van der Waals surface area (Å²) < 4.78 is 5.20. The molecular weight excluding hydrogens is 230 g/mol. The summed E-state index contributed by atoms with van der Waals surface area (Å²) in [4.78, 5) is 15.6. The molecule has 0 saturated carbocycles. The van der Waals surface area contributed by atoms with Gasteiger partial charge in [0.05, 0.1) is 0 Å². The number of carbonyl (C=O) groups is 1. The summed E-state index contributed by atoms with van der Waals surface area (Å²) in [7, 11) is 0. The highest BCUT2D eigenvalue weighted by molar-refractivity contribution is 5.80. The molecule has 1 heterocycles. The fourth-order valence-electron chi connectivity index (χ4n) is 1.52. The van der Waals surface area contributed by atoms with Gasteiger partial charge in [0.15, 0.2) is 0 Å². The number of carbonyl (C=O) groups excluding carboxylic acids is 1. The average molecular weight is 251 g/mol. The number of pyridine rings is 1. The van der Waals surface area contributed by atoms with Crippen molar-refractivity contribution in [3.05, 3.63) is 24.0 Å². The minimum Gasteiger partial charge on any atom is -0.383 e. The quantitative estimate of drug-likeness (QED) is 0.718. The number of aromatic nitrogens is 1. The summed E-state index contributed by atoms with van der Waals surface area (Å²) in [6.45, 7) is 7.40. The minimum atomic E-state index is -0.391. The molecule has 0 fully saturated rings. The van der Waals surface area contributed by atoms with Crippen LogP contribution in [0.15, 0.2) is 18.5 Å². The second kappa shape index (κ2) is 7.66. The topological polar surface area (TPSA) is 63.2 Å². The second-order valence-electron chi connectivity index (χ2n) is 4.01. The van der Waals surface area contributed by atoms with Crippen molar-refractivity contribution >= 4 is 11.6 Å². The van der Waals surface area contributed by atoms with Crippen molar-refractivity contribution in [2.75, 3.05) is 25.0 Å². The zero-order valence-corrected chi connectivity index (χ0v) is 11.2. The van der Waals surface area contributed by atoms with Crippen LogP contribution in [-0.4, -0.2) is 36.7 Å². The van der Waals surface area contributed by atoms with Crippen molar-refractivity contribution in [1.82, 2.24) is 10.3 Å². The average Bonchev–Trinajstić information content (AvgIpc) is 2.36. The van der Waals surface area contributed by atoms with Crippen LogP contribution in [0, 0.1) is 6.92 Å². The number of anilines is 1. The van der Waals surface area contributed by atoms with Gasteiger partial charge in [0.1, 0.15) is 6.10 Å².